The Labute approximate surface area is 296 Å². The fourth-order valence-corrected chi connectivity index (χ4v) is 7.17. The summed E-state index contributed by atoms with van der Waals surface area (Å²) in [5, 5.41) is 0.812. The van der Waals surface area contributed by atoms with Gasteiger partial charge in [0, 0.05) is 27.1 Å². The smallest absolute Gasteiger partial charge is 0.309 e. The average molecular weight is 757 g/mol. The van der Waals surface area contributed by atoms with Crippen molar-refractivity contribution in [2.45, 2.75) is 24.7 Å². The number of para-hydroxylation sites is 2. The summed E-state index contributed by atoms with van der Waals surface area (Å²) in [6.07, 6.45) is -20.1. The lowest BCUT2D eigenvalue weighted by atomic mass is 9.95. The van der Waals surface area contributed by atoms with E-state index in [2.05, 4.69) is 0 Å². The molecule has 0 unspecified atom stereocenters. The second kappa shape index (κ2) is 11.8. The minimum absolute atomic E-state index is 0.00993. The maximum absolute atomic E-state index is 16.0. The Hall–Kier alpha value is -5.92. The first-order valence-corrected chi connectivity index (χ1v) is 16.0. The third kappa shape index (κ3) is 5.62. The van der Waals surface area contributed by atoms with Crippen LogP contribution in [0.5, 0.6) is 0 Å². The molecule has 0 aliphatic carbocycles. The average Bonchev–Trinajstić information content (AvgIpc) is 3.61. The minimum atomic E-state index is -5.40. The highest BCUT2D eigenvalue weighted by Crippen LogP contribution is 2.49. The van der Waals surface area contributed by atoms with Gasteiger partial charge in [0.05, 0.1) is 50.1 Å². The van der Waals surface area contributed by atoms with Gasteiger partial charge in [0.25, 0.3) is 0 Å². The third-order valence-corrected chi connectivity index (χ3v) is 9.41. The molecule has 0 N–H and O–H groups in total. The van der Waals surface area contributed by atoms with Crippen LogP contribution in [0.2, 0.25) is 0 Å². The highest BCUT2D eigenvalue weighted by molar-refractivity contribution is 6.11. The standard InChI is InChI=1S/C40H20F12N2/c41-37(42,43)22-7-5-6-21(18-22)25-16-17-32(53-30-10-3-1-8-26(30)28-14-12-23(19-33(28)53)38(44,45)46)35(40(50,51)52)36(25)54-31-11-4-2-9-27(31)29-15-13-24(20-34(29)54)39(47,48)49/h1-20H. The molecule has 0 saturated heterocycles. The van der Waals surface area contributed by atoms with Crippen LogP contribution in [0.25, 0.3) is 66.1 Å². The fourth-order valence-electron chi connectivity index (χ4n) is 7.17. The van der Waals surface area contributed by atoms with E-state index in [0.717, 1.165) is 57.7 Å². The Morgan fingerprint density at radius 1 is 0.352 bits per heavy atom. The summed E-state index contributed by atoms with van der Waals surface area (Å²) >= 11 is 0. The summed E-state index contributed by atoms with van der Waals surface area (Å²) in [6.45, 7) is 0. The van der Waals surface area contributed by atoms with Gasteiger partial charge in [-0.3, -0.25) is 0 Å². The molecule has 0 bridgehead atoms. The van der Waals surface area contributed by atoms with E-state index in [1.165, 1.54) is 42.5 Å². The van der Waals surface area contributed by atoms with E-state index in [1.54, 1.807) is 6.07 Å². The van der Waals surface area contributed by atoms with Gasteiger partial charge in [-0.05, 0) is 60.2 Å². The zero-order valence-corrected chi connectivity index (χ0v) is 27.0. The van der Waals surface area contributed by atoms with Crippen molar-refractivity contribution in [2.24, 2.45) is 0 Å². The number of hydrogen-bond acceptors (Lipinski definition) is 0. The Morgan fingerprint density at radius 3 is 1.33 bits per heavy atom. The molecule has 0 radical (unpaired) electrons. The summed E-state index contributed by atoms with van der Waals surface area (Å²) in [4.78, 5) is 0. The van der Waals surface area contributed by atoms with Crippen molar-refractivity contribution in [2.75, 3.05) is 0 Å². The Bertz CT molecular complexity index is 2780. The van der Waals surface area contributed by atoms with E-state index >= 15 is 13.2 Å². The van der Waals surface area contributed by atoms with Crippen LogP contribution in [0.15, 0.2) is 121 Å². The fraction of sp³-hybridized carbons (Fsp3) is 0.100. The van der Waals surface area contributed by atoms with Crippen LogP contribution in [-0.2, 0) is 24.7 Å². The van der Waals surface area contributed by atoms with E-state index in [1.807, 2.05) is 0 Å². The summed E-state index contributed by atoms with van der Waals surface area (Å²) in [6, 6.07) is 22.4. The molecule has 0 spiro atoms. The van der Waals surface area contributed by atoms with E-state index in [4.69, 9.17) is 0 Å². The lowest BCUT2D eigenvalue weighted by Gasteiger charge is -2.25. The zero-order valence-electron chi connectivity index (χ0n) is 27.0. The van der Waals surface area contributed by atoms with Crippen LogP contribution in [0.4, 0.5) is 52.7 Å². The zero-order chi connectivity index (χ0) is 38.5. The number of fused-ring (bicyclic) bond motifs is 6. The summed E-state index contributed by atoms with van der Waals surface area (Å²) in [5.74, 6) is 0. The number of hydrogen-bond donors (Lipinski definition) is 0. The van der Waals surface area contributed by atoms with E-state index in [9.17, 15) is 39.5 Å². The molecule has 0 aliphatic heterocycles. The topological polar surface area (TPSA) is 9.86 Å². The Kier molecular flexibility index (Phi) is 7.67. The molecule has 0 fully saturated rings. The molecule has 0 amide bonds. The molecule has 0 aliphatic rings. The van der Waals surface area contributed by atoms with Gasteiger partial charge in [-0.15, -0.1) is 0 Å². The second-order valence-electron chi connectivity index (χ2n) is 12.6. The van der Waals surface area contributed by atoms with Crippen LogP contribution in [0.1, 0.15) is 22.3 Å². The first-order chi connectivity index (χ1) is 25.3. The molecule has 2 nitrogen and oxygen atoms in total. The van der Waals surface area contributed by atoms with Crippen LogP contribution in [-0.4, -0.2) is 9.13 Å². The van der Waals surface area contributed by atoms with Crippen molar-refractivity contribution in [1.29, 1.82) is 0 Å². The van der Waals surface area contributed by atoms with Gasteiger partial charge in [-0.2, -0.15) is 52.7 Å². The maximum Gasteiger partial charge on any atom is 0.420 e. The molecule has 2 heterocycles. The lowest BCUT2D eigenvalue weighted by Crippen LogP contribution is -2.17. The predicted molar refractivity (Wildman–Crippen MR) is 181 cm³/mol. The van der Waals surface area contributed by atoms with Crippen molar-refractivity contribution in [3.63, 3.8) is 0 Å². The van der Waals surface area contributed by atoms with Crippen molar-refractivity contribution >= 4 is 43.6 Å². The van der Waals surface area contributed by atoms with Crippen molar-refractivity contribution in [1.82, 2.24) is 9.13 Å². The van der Waals surface area contributed by atoms with Crippen molar-refractivity contribution in [3.8, 4) is 22.5 Å². The number of nitrogens with zero attached hydrogens (tertiary/aromatic N) is 2. The molecule has 54 heavy (non-hydrogen) atoms. The molecule has 0 saturated carbocycles. The second-order valence-corrected chi connectivity index (χ2v) is 12.6. The van der Waals surface area contributed by atoms with Crippen molar-refractivity contribution < 1.29 is 52.7 Å². The maximum atomic E-state index is 16.0. The first-order valence-electron chi connectivity index (χ1n) is 16.0. The van der Waals surface area contributed by atoms with Gasteiger partial charge < -0.3 is 9.13 Å². The van der Waals surface area contributed by atoms with Crippen LogP contribution < -0.4 is 0 Å². The normalized spacial score (nSPS) is 13.2. The summed E-state index contributed by atoms with van der Waals surface area (Å²) < 4.78 is 177. The molecule has 274 valence electrons. The van der Waals surface area contributed by atoms with E-state index in [0.29, 0.717) is 29.7 Å². The summed E-state index contributed by atoms with van der Waals surface area (Å²) in [5.41, 5.74) is -7.96. The minimum Gasteiger partial charge on any atom is -0.309 e. The van der Waals surface area contributed by atoms with Gasteiger partial charge in [0.15, 0.2) is 0 Å². The monoisotopic (exact) mass is 756 g/mol. The molecule has 0 atom stereocenters. The molecule has 8 rings (SSSR count). The van der Waals surface area contributed by atoms with Crippen molar-refractivity contribution in [3.05, 3.63) is 144 Å². The molecule has 2 aromatic heterocycles. The number of alkyl halides is 12. The molecule has 8 aromatic rings. The SMILES string of the molecule is FC(F)(F)c1cccc(-c2ccc(-n3c4ccccc4c4ccc(C(F)(F)F)cc43)c(C(F)(F)F)c2-n2c3ccccc3c3ccc(C(F)(F)F)cc32)c1. The Balaban J connectivity index is 1.61. The van der Waals surface area contributed by atoms with Gasteiger partial charge in [0.2, 0.25) is 0 Å². The van der Waals surface area contributed by atoms with Gasteiger partial charge in [0.1, 0.15) is 5.56 Å². The van der Waals surface area contributed by atoms with Crippen LogP contribution in [0, 0.1) is 0 Å². The van der Waals surface area contributed by atoms with Crippen LogP contribution in [0.3, 0.4) is 0 Å². The van der Waals surface area contributed by atoms with Gasteiger partial charge in [-0.1, -0.05) is 66.7 Å². The highest BCUT2D eigenvalue weighted by atomic mass is 19.4. The quantitative estimate of drug-likeness (QED) is 0.159. The van der Waals surface area contributed by atoms with E-state index in [-0.39, 0.29) is 43.8 Å². The number of halogens is 12. The number of benzene rings is 6. The van der Waals surface area contributed by atoms with Crippen LogP contribution >= 0.6 is 0 Å². The lowest BCUT2D eigenvalue weighted by molar-refractivity contribution is -0.138. The number of rotatable bonds is 3. The molecular formula is C40H20F12N2. The van der Waals surface area contributed by atoms with E-state index < -0.39 is 63.9 Å². The Morgan fingerprint density at radius 2 is 0.815 bits per heavy atom. The molecular weight excluding hydrogens is 736 g/mol. The molecule has 6 aromatic carbocycles. The molecule has 14 heteroatoms. The number of aromatic nitrogens is 2. The van der Waals surface area contributed by atoms with Gasteiger partial charge >= 0.3 is 24.7 Å². The highest BCUT2D eigenvalue weighted by Gasteiger charge is 2.41. The first kappa shape index (κ1) is 35.1. The largest absolute Gasteiger partial charge is 0.420 e. The summed E-state index contributed by atoms with van der Waals surface area (Å²) in [7, 11) is 0. The third-order valence-electron chi connectivity index (χ3n) is 9.41. The predicted octanol–water partition coefficient (Wildman–Crippen LogP) is 13.6. The van der Waals surface area contributed by atoms with Gasteiger partial charge in [-0.25, -0.2) is 0 Å².